The predicted molar refractivity (Wildman–Crippen MR) is 347 cm³/mol. The van der Waals surface area contributed by atoms with Crippen molar-refractivity contribution in [3.63, 3.8) is 0 Å². The summed E-state index contributed by atoms with van der Waals surface area (Å²) in [7, 11) is 0. The van der Waals surface area contributed by atoms with Gasteiger partial charge in [0.05, 0.1) is 39.1 Å². The molecule has 0 spiro atoms. The number of nitrogens with zero attached hydrogens (tertiary/aromatic N) is 5. The van der Waals surface area contributed by atoms with Gasteiger partial charge in [-0.1, -0.05) is 210 Å². The van der Waals surface area contributed by atoms with Crippen LogP contribution in [0.3, 0.4) is 0 Å². The number of ether oxygens (including phenoxy) is 1. The fourth-order valence-electron chi connectivity index (χ4n) is 12.3. The molecular weight excluding hydrogens is 999 g/mol. The number of para-hydroxylation sites is 3. The zero-order chi connectivity index (χ0) is 57.0. The first-order chi connectivity index (χ1) is 39.2. The second kappa shape index (κ2) is 19.4. The topological polar surface area (TPSA) is 38.5 Å². The van der Waals surface area contributed by atoms with Crippen molar-refractivity contribution in [3.05, 3.63) is 235 Å². The summed E-state index contributed by atoms with van der Waals surface area (Å²) in [5.74, 6) is 2.32. The molecule has 0 bridgehead atoms. The standard InChI is InChI=1S/C76H73N5O/c1-73(2,3)52-36-33-50(34-37-52)62-47-77-71(46-63(62)76(10,11)12)81-66-32-21-18-29-61(66)72-69(80-64-30-19-16-27-59(64)60-28-17-20-31-65(60)80)44-58(45-70(72)81)82-57-26-22-25-55(43-57)78-48-79(56-41-53(74(4,5)6)40-54(42-56)75(7,8)9)67-38-35-51(39-68(67)78)49-23-14-13-15-24-49/h13-47H,48H2,1-12H3. The van der Waals surface area contributed by atoms with Gasteiger partial charge in [-0.3, -0.25) is 4.57 Å². The lowest BCUT2D eigenvalue weighted by Gasteiger charge is -2.29. The number of hydrogen-bond acceptors (Lipinski definition) is 4. The van der Waals surface area contributed by atoms with E-state index in [-0.39, 0.29) is 21.7 Å². The first kappa shape index (κ1) is 52.5. The summed E-state index contributed by atoms with van der Waals surface area (Å²) in [5.41, 5.74) is 19.6. The summed E-state index contributed by atoms with van der Waals surface area (Å²) < 4.78 is 12.1. The lowest BCUT2D eigenvalue weighted by molar-refractivity contribution is 0.483. The van der Waals surface area contributed by atoms with Crippen LogP contribution in [0, 0.1) is 0 Å². The van der Waals surface area contributed by atoms with Gasteiger partial charge in [-0.2, -0.15) is 0 Å². The van der Waals surface area contributed by atoms with E-state index in [0.717, 1.165) is 78.3 Å². The van der Waals surface area contributed by atoms with Gasteiger partial charge in [0.1, 0.15) is 24.0 Å². The Morgan fingerprint density at radius 2 is 0.939 bits per heavy atom. The Balaban J connectivity index is 0.988. The van der Waals surface area contributed by atoms with Gasteiger partial charge in [-0.15, -0.1) is 0 Å². The number of hydrogen-bond donors (Lipinski definition) is 0. The van der Waals surface area contributed by atoms with E-state index >= 15 is 0 Å². The fraction of sp³-hybridized carbons (Fsp3) is 0.224. The van der Waals surface area contributed by atoms with E-state index in [1.165, 1.54) is 55.5 Å². The Labute approximate surface area is 483 Å². The monoisotopic (exact) mass is 1070 g/mol. The Bertz CT molecular complexity index is 4350. The van der Waals surface area contributed by atoms with Crippen LogP contribution in [0.5, 0.6) is 11.5 Å². The summed E-state index contributed by atoms with van der Waals surface area (Å²) in [4.78, 5) is 10.3. The quantitative estimate of drug-likeness (QED) is 0.152. The van der Waals surface area contributed by atoms with Gasteiger partial charge in [0, 0.05) is 62.9 Å². The van der Waals surface area contributed by atoms with Gasteiger partial charge in [-0.05, 0) is 121 Å². The number of benzene rings is 9. The molecule has 3 aromatic heterocycles. The maximum absolute atomic E-state index is 7.34. The molecule has 0 fully saturated rings. The molecule has 0 saturated carbocycles. The van der Waals surface area contributed by atoms with Crippen molar-refractivity contribution in [3.8, 4) is 45.3 Å². The van der Waals surface area contributed by atoms with Crippen LogP contribution >= 0.6 is 0 Å². The SMILES string of the molecule is CC(C)(C)c1ccc(-c2cnc(-n3c4ccccc4c4c(-n5c6ccccc6c6ccccc65)cc(Oc5cccc(N6CN(c7cc(C(C)(C)C)cc(C(C)(C)C)c7)c7ccc(-c8ccccc8)cc76)c5)cc43)cc2C(C)(C)C)cc1. The highest BCUT2D eigenvalue weighted by Crippen LogP contribution is 2.49. The average Bonchev–Trinajstić information content (AvgIpc) is 4.23. The molecule has 0 amide bonds. The van der Waals surface area contributed by atoms with Crippen molar-refractivity contribution in [1.29, 1.82) is 0 Å². The van der Waals surface area contributed by atoms with E-state index in [2.05, 4.69) is 314 Å². The minimum absolute atomic E-state index is 0.0320. The summed E-state index contributed by atoms with van der Waals surface area (Å²) in [6, 6.07) is 75.7. The third-order valence-corrected chi connectivity index (χ3v) is 16.8. The molecule has 6 heteroatoms. The van der Waals surface area contributed by atoms with E-state index in [0.29, 0.717) is 6.67 Å². The highest BCUT2D eigenvalue weighted by atomic mass is 16.5. The second-order valence-electron chi connectivity index (χ2n) is 26.7. The number of anilines is 4. The largest absolute Gasteiger partial charge is 0.457 e. The third-order valence-electron chi connectivity index (χ3n) is 16.8. The van der Waals surface area contributed by atoms with Crippen molar-refractivity contribution >= 4 is 66.4 Å². The molecule has 1 aliphatic rings. The van der Waals surface area contributed by atoms with Crippen LogP contribution in [0.1, 0.15) is 105 Å². The number of pyridine rings is 1. The molecule has 0 radical (unpaired) electrons. The first-order valence-corrected chi connectivity index (χ1v) is 29.0. The van der Waals surface area contributed by atoms with E-state index in [1.807, 2.05) is 0 Å². The Morgan fingerprint density at radius 1 is 0.366 bits per heavy atom. The second-order valence-corrected chi connectivity index (χ2v) is 26.7. The Kier molecular flexibility index (Phi) is 12.4. The van der Waals surface area contributed by atoms with Crippen molar-refractivity contribution < 1.29 is 4.74 Å². The Hall–Kier alpha value is -8.87. The van der Waals surface area contributed by atoms with Crippen molar-refractivity contribution in [2.24, 2.45) is 0 Å². The maximum atomic E-state index is 7.34. The van der Waals surface area contributed by atoms with E-state index in [4.69, 9.17) is 9.72 Å². The fourth-order valence-corrected chi connectivity index (χ4v) is 12.3. The molecule has 0 saturated heterocycles. The van der Waals surface area contributed by atoms with Gasteiger partial charge in [0.15, 0.2) is 0 Å². The molecular formula is C76H73N5O. The minimum Gasteiger partial charge on any atom is -0.457 e. The zero-order valence-electron chi connectivity index (χ0n) is 49.6. The molecule has 0 atom stereocenters. The van der Waals surface area contributed by atoms with Crippen LogP contribution in [-0.2, 0) is 21.7 Å². The van der Waals surface area contributed by atoms with E-state index in [1.54, 1.807) is 0 Å². The highest BCUT2D eigenvalue weighted by Gasteiger charge is 2.32. The third kappa shape index (κ3) is 9.28. The Morgan fingerprint density at radius 3 is 1.56 bits per heavy atom. The van der Waals surface area contributed by atoms with E-state index < -0.39 is 0 Å². The number of rotatable bonds is 8. The molecule has 82 heavy (non-hydrogen) atoms. The predicted octanol–water partition coefficient (Wildman–Crippen LogP) is 20.8. The molecule has 0 N–H and O–H groups in total. The van der Waals surface area contributed by atoms with Crippen LogP contribution in [0.2, 0.25) is 0 Å². The van der Waals surface area contributed by atoms with Gasteiger partial charge >= 0.3 is 0 Å². The molecule has 0 aliphatic carbocycles. The molecule has 6 nitrogen and oxygen atoms in total. The summed E-state index contributed by atoms with van der Waals surface area (Å²) in [6.45, 7) is 28.2. The summed E-state index contributed by atoms with van der Waals surface area (Å²) in [5, 5.41) is 4.66. The molecule has 1 aliphatic heterocycles. The van der Waals surface area contributed by atoms with Crippen LogP contribution in [0.4, 0.5) is 22.7 Å². The van der Waals surface area contributed by atoms with Gasteiger partial charge in [-0.25, -0.2) is 4.98 Å². The number of aromatic nitrogens is 3. The molecule has 12 aromatic rings. The molecule has 0 unspecified atom stereocenters. The molecule has 9 aromatic carbocycles. The first-order valence-electron chi connectivity index (χ1n) is 29.0. The van der Waals surface area contributed by atoms with Crippen LogP contribution in [-0.4, -0.2) is 20.8 Å². The zero-order valence-corrected chi connectivity index (χ0v) is 49.6. The van der Waals surface area contributed by atoms with Crippen LogP contribution in [0.15, 0.2) is 212 Å². The van der Waals surface area contributed by atoms with Gasteiger partial charge < -0.3 is 19.1 Å². The molecule has 13 rings (SSSR count). The van der Waals surface area contributed by atoms with Crippen molar-refractivity contribution in [2.45, 2.75) is 105 Å². The van der Waals surface area contributed by atoms with Crippen molar-refractivity contribution in [2.75, 3.05) is 16.5 Å². The van der Waals surface area contributed by atoms with Gasteiger partial charge in [0.2, 0.25) is 0 Å². The lowest BCUT2D eigenvalue weighted by Crippen LogP contribution is -2.25. The smallest absolute Gasteiger partial charge is 0.137 e. The van der Waals surface area contributed by atoms with Crippen molar-refractivity contribution in [1.82, 2.24) is 14.1 Å². The van der Waals surface area contributed by atoms with Crippen LogP contribution in [0.25, 0.3) is 77.4 Å². The average molecular weight is 1070 g/mol. The van der Waals surface area contributed by atoms with Crippen LogP contribution < -0.4 is 14.5 Å². The summed E-state index contributed by atoms with van der Waals surface area (Å²) >= 11 is 0. The minimum atomic E-state index is -0.191. The summed E-state index contributed by atoms with van der Waals surface area (Å²) in [6.07, 6.45) is 2.09. The molecule has 408 valence electrons. The number of fused-ring (bicyclic) bond motifs is 7. The lowest BCUT2D eigenvalue weighted by atomic mass is 9.80. The normalized spacial score (nSPS) is 13.3. The van der Waals surface area contributed by atoms with E-state index in [9.17, 15) is 0 Å². The van der Waals surface area contributed by atoms with Gasteiger partial charge in [0.25, 0.3) is 0 Å². The maximum Gasteiger partial charge on any atom is 0.137 e. The molecule has 4 heterocycles. The highest BCUT2D eigenvalue weighted by molar-refractivity contribution is 6.17.